The highest BCUT2D eigenvalue weighted by molar-refractivity contribution is 6.02. The number of anilines is 1. The molecule has 0 radical (unpaired) electrons. The minimum absolute atomic E-state index is 0.232. The highest BCUT2D eigenvalue weighted by Crippen LogP contribution is 2.33. The molecule has 2 saturated heterocycles. The maximum Gasteiger partial charge on any atom is 0.407 e. The molecule has 3 heterocycles. The number of carboxylic acid groups (broad SMARTS) is 1. The van der Waals surface area contributed by atoms with Crippen LogP contribution in [0.25, 0.3) is 10.9 Å². The van der Waals surface area contributed by atoms with Gasteiger partial charge < -0.3 is 14.9 Å². The summed E-state index contributed by atoms with van der Waals surface area (Å²) in [4.78, 5) is 38.5. The van der Waals surface area contributed by atoms with Crippen molar-refractivity contribution in [2.45, 2.75) is 37.6 Å². The molecule has 9 heteroatoms. The Bertz CT molecular complexity index is 977. The topological polar surface area (TPSA) is 108 Å². The van der Waals surface area contributed by atoms with Crippen molar-refractivity contribution in [3.63, 3.8) is 0 Å². The van der Waals surface area contributed by atoms with Gasteiger partial charge >= 0.3 is 6.09 Å². The smallest absolute Gasteiger partial charge is 0.407 e. The van der Waals surface area contributed by atoms with E-state index in [4.69, 9.17) is 5.11 Å². The summed E-state index contributed by atoms with van der Waals surface area (Å²) in [5, 5.41) is 17.0. The van der Waals surface area contributed by atoms with Crippen LogP contribution in [0, 0.1) is 0 Å². The summed E-state index contributed by atoms with van der Waals surface area (Å²) in [6.45, 7) is 1.08. The molecule has 1 aromatic heterocycles. The van der Waals surface area contributed by atoms with Gasteiger partial charge in [-0.2, -0.15) is 5.10 Å². The second-order valence-corrected chi connectivity index (χ2v) is 7.83. The van der Waals surface area contributed by atoms with E-state index in [1.165, 1.54) is 4.90 Å². The van der Waals surface area contributed by atoms with E-state index < -0.39 is 12.0 Å². The second kappa shape index (κ2) is 7.38. The van der Waals surface area contributed by atoms with Gasteiger partial charge in [-0.15, -0.1) is 0 Å². The molecule has 2 aliphatic rings. The summed E-state index contributed by atoms with van der Waals surface area (Å²) in [7, 11) is 3.88. The minimum atomic E-state index is -0.858. The molecular weight excluding hydrogens is 374 g/mol. The molecule has 2 fully saturated rings. The second-order valence-electron chi connectivity index (χ2n) is 7.83. The summed E-state index contributed by atoms with van der Waals surface area (Å²) in [5.41, 5.74) is 2.66. The molecule has 0 bridgehead atoms. The van der Waals surface area contributed by atoms with Crippen molar-refractivity contribution in [3.05, 3.63) is 23.9 Å². The molecule has 2 aromatic rings. The molecule has 0 aliphatic carbocycles. The van der Waals surface area contributed by atoms with Crippen LogP contribution in [0.1, 0.15) is 37.3 Å². The van der Waals surface area contributed by atoms with Crippen LogP contribution in [0.2, 0.25) is 0 Å². The number of aromatic nitrogens is 2. The number of rotatable bonds is 3. The van der Waals surface area contributed by atoms with Crippen molar-refractivity contribution in [1.82, 2.24) is 20.0 Å². The average molecular weight is 399 g/mol. The largest absolute Gasteiger partial charge is 0.465 e. The zero-order valence-electron chi connectivity index (χ0n) is 16.6. The lowest BCUT2D eigenvalue weighted by molar-refractivity contribution is -0.134. The molecule has 1 aromatic carbocycles. The summed E-state index contributed by atoms with van der Waals surface area (Å²) in [6, 6.07) is 6.33. The van der Waals surface area contributed by atoms with E-state index in [9.17, 15) is 14.4 Å². The predicted molar refractivity (Wildman–Crippen MR) is 107 cm³/mol. The third-order valence-corrected chi connectivity index (χ3v) is 6.12. The maximum atomic E-state index is 12.3. The SMILES string of the molecule is CN(c1ccc2c(C3CCC(=O)NC3=O)nn(C)c2c1)C1CCN(C(=O)O)CC1. The fourth-order valence-electron chi connectivity index (χ4n) is 4.36. The van der Waals surface area contributed by atoms with Gasteiger partial charge in [0.1, 0.15) is 0 Å². The van der Waals surface area contributed by atoms with Crippen LogP contribution in [0.15, 0.2) is 18.2 Å². The first-order valence-corrected chi connectivity index (χ1v) is 9.86. The maximum absolute atomic E-state index is 12.3. The zero-order valence-corrected chi connectivity index (χ0v) is 16.6. The van der Waals surface area contributed by atoms with Gasteiger partial charge in [0.05, 0.1) is 17.1 Å². The van der Waals surface area contributed by atoms with Crippen LogP contribution < -0.4 is 10.2 Å². The van der Waals surface area contributed by atoms with Gasteiger partial charge in [-0.3, -0.25) is 19.6 Å². The van der Waals surface area contributed by atoms with Crippen LogP contribution in [-0.2, 0) is 16.6 Å². The number of aryl methyl sites for hydroxylation is 1. The number of carbonyl (C=O) groups is 3. The Balaban J connectivity index is 1.57. The first kappa shape index (κ1) is 19.2. The Morgan fingerprint density at radius 2 is 1.97 bits per heavy atom. The molecule has 154 valence electrons. The lowest BCUT2D eigenvalue weighted by atomic mass is 9.92. The molecule has 2 N–H and O–H groups in total. The Hall–Kier alpha value is -3.10. The zero-order chi connectivity index (χ0) is 20.7. The lowest BCUT2D eigenvalue weighted by Gasteiger charge is -2.36. The fourth-order valence-corrected chi connectivity index (χ4v) is 4.36. The van der Waals surface area contributed by atoms with Gasteiger partial charge in [-0.25, -0.2) is 4.79 Å². The van der Waals surface area contributed by atoms with Crippen LogP contribution in [0.4, 0.5) is 10.5 Å². The quantitative estimate of drug-likeness (QED) is 0.761. The Labute approximate surface area is 168 Å². The third kappa shape index (κ3) is 3.52. The molecule has 1 atom stereocenters. The number of hydrogen-bond acceptors (Lipinski definition) is 5. The van der Waals surface area contributed by atoms with Crippen molar-refractivity contribution in [1.29, 1.82) is 0 Å². The number of imide groups is 1. The van der Waals surface area contributed by atoms with E-state index in [0.717, 1.165) is 29.4 Å². The molecular formula is C20H25N5O4. The monoisotopic (exact) mass is 399 g/mol. The number of amides is 3. The molecule has 0 spiro atoms. The molecule has 29 heavy (non-hydrogen) atoms. The van der Waals surface area contributed by atoms with E-state index in [1.807, 2.05) is 26.2 Å². The van der Waals surface area contributed by atoms with Gasteiger partial charge in [0.2, 0.25) is 11.8 Å². The van der Waals surface area contributed by atoms with Crippen molar-refractivity contribution >= 4 is 34.5 Å². The van der Waals surface area contributed by atoms with Gasteiger partial charge in [-0.05, 0) is 37.5 Å². The first-order chi connectivity index (χ1) is 13.8. The molecule has 3 amide bonds. The van der Waals surface area contributed by atoms with Crippen LogP contribution in [0.3, 0.4) is 0 Å². The lowest BCUT2D eigenvalue weighted by Crippen LogP contribution is -2.45. The Morgan fingerprint density at radius 3 is 2.62 bits per heavy atom. The number of benzene rings is 1. The van der Waals surface area contributed by atoms with E-state index in [0.29, 0.717) is 31.6 Å². The Morgan fingerprint density at radius 1 is 1.24 bits per heavy atom. The average Bonchev–Trinajstić information content (AvgIpc) is 3.03. The summed E-state index contributed by atoms with van der Waals surface area (Å²) >= 11 is 0. The van der Waals surface area contributed by atoms with Crippen LogP contribution in [0.5, 0.6) is 0 Å². The normalized spacial score (nSPS) is 20.8. The summed E-state index contributed by atoms with van der Waals surface area (Å²) in [5.74, 6) is -0.933. The van der Waals surface area contributed by atoms with E-state index in [2.05, 4.69) is 21.4 Å². The molecule has 9 nitrogen and oxygen atoms in total. The van der Waals surface area contributed by atoms with Gasteiger partial charge in [0.15, 0.2) is 0 Å². The van der Waals surface area contributed by atoms with E-state index in [-0.39, 0.29) is 17.9 Å². The first-order valence-electron chi connectivity index (χ1n) is 9.86. The third-order valence-electron chi connectivity index (χ3n) is 6.12. The van der Waals surface area contributed by atoms with Gasteiger partial charge in [0.25, 0.3) is 0 Å². The predicted octanol–water partition coefficient (Wildman–Crippen LogP) is 1.67. The highest BCUT2D eigenvalue weighted by atomic mass is 16.4. The van der Waals surface area contributed by atoms with Crippen molar-refractivity contribution in [3.8, 4) is 0 Å². The van der Waals surface area contributed by atoms with Crippen LogP contribution >= 0.6 is 0 Å². The number of nitrogens with one attached hydrogen (secondary N) is 1. The standard InChI is InChI=1S/C20H25N5O4/c1-23(12-7-9-25(10-8-12)20(28)29)13-3-4-14-16(11-13)24(2)22-18(14)15-5-6-17(26)21-19(15)27/h3-4,11-12,15H,5-10H2,1-2H3,(H,28,29)(H,21,26,27). The Kier molecular flexibility index (Phi) is 4.89. The fraction of sp³-hybridized carbons (Fsp3) is 0.500. The highest BCUT2D eigenvalue weighted by Gasteiger charge is 2.32. The molecule has 4 rings (SSSR count). The number of hydrogen-bond donors (Lipinski definition) is 2. The van der Waals surface area contributed by atoms with Crippen molar-refractivity contribution in [2.75, 3.05) is 25.0 Å². The van der Waals surface area contributed by atoms with Gasteiger partial charge in [-0.1, -0.05) is 0 Å². The number of carbonyl (C=O) groups excluding carboxylic acids is 2. The van der Waals surface area contributed by atoms with Crippen LogP contribution in [-0.4, -0.2) is 63.9 Å². The molecule has 1 unspecified atom stereocenters. The number of piperidine rings is 2. The van der Waals surface area contributed by atoms with Gasteiger partial charge in [0, 0.05) is 50.7 Å². The van der Waals surface area contributed by atoms with E-state index >= 15 is 0 Å². The number of fused-ring (bicyclic) bond motifs is 1. The molecule has 2 aliphatic heterocycles. The minimum Gasteiger partial charge on any atom is -0.465 e. The number of likely N-dealkylation sites (tertiary alicyclic amines) is 1. The van der Waals surface area contributed by atoms with E-state index in [1.54, 1.807) is 4.68 Å². The summed E-state index contributed by atoms with van der Waals surface area (Å²) in [6.07, 6.45) is 1.51. The molecule has 0 saturated carbocycles. The summed E-state index contributed by atoms with van der Waals surface area (Å²) < 4.78 is 1.78. The van der Waals surface area contributed by atoms with Crippen molar-refractivity contribution in [2.24, 2.45) is 7.05 Å². The van der Waals surface area contributed by atoms with Crippen molar-refractivity contribution < 1.29 is 19.5 Å². The number of nitrogens with zero attached hydrogens (tertiary/aromatic N) is 4.